The largest absolute Gasteiger partial charge is 0.506 e. The van der Waals surface area contributed by atoms with Gasteiger partial charge in [-0.15, -0.1) is 0 Å². The molecular formula is C19H19N3O5S. The normalized spacial score (nSPS) is 23.3. The summed E-state index contributed by atoms with van der Waals surface area (Å²) in [6.07, 6.45) is 9.46. The van der Waals surface area contributed by atoms with Crippen molar-refractivity contribution in [1.82, 2.24) is 10.0 Å². The number of fused-ring (bicyclic) bond motifs is 1. The summed E-state index contributed by atoms with van der Waals surface area (Å²) in [6, 6.07) is 4.38. The van der Waals surface area contributed by atoms with E-state index in [9.17, 15) is 23.1 Å². The third-order valence-corrected chi connectivity index (χ3v) is 6.33. The minimum Gasteiger partial charge on any atom is -0.506 e. The van der Waals surface area contributed by atoms with Crippen LogP contribution in [-0.2, 0) is 26.2 Å². The lowest BCUT2D eigenvalue weighted by Crippen LogP contribution is -2.36. The zero-order valence-corrected chi connectivity index (χ0v) is 15.7. The van der Waals surface area contributed by atoms with Crippen LogP contribution >= 0.6 is 0 Å². The van der Waals surface area contributed by atoms with E-state index < -0.39 is 16.1 Å². The van der Waals surface area contributed by atoms with Gasteiger partial charge in [-0.05, 0) is 41.7 Å². The van der Waals surface area contributed by atoms with Crippen molar-refractivity contribution < 1.29 is 23.1 Å². The molecule has 3 aliphatic rings. The minimum atomic E-state index is -3.99. The van der Waals surface area contributed by atoms with Gasteiger partial charge < -0.3 is 10.4 Å². The van der Waals surface area contributed by atoms with Gasteiger partial charge in [-0.3, -0.25) is 9.59 Å². The molecule has 1 fully saturated rings. The number of hydrogen-bond acceptors (Lipinski definition) is 5. The fourth-order valence-corrected chi connectivity index (χ4v) is 4.81. The van der Waals surface area contributed by atoms with Crippen molar-refractivity contribution >= 4 is 27.7 Å². The van der Waals surface area contributed by atoms with Crippen molar-refractivity contribution in [2.45, 2.75) is 25.3 Å². The summed E-state index contributed by atoms with van der Waals surface area (Å²) in [5, 5.41) is 13.4. The van der Waals surface area contributed by atoms with Crippen molar-refractivity contribution in [2.24, 2.45) is 0 Å². The predicted molar refractivity (Wildman–Crippen MR) is 103 cm³/mol. The molecule has 1 unspecified atom stereocenters. The molecular weight excluding hydrogens is 382 g/mol. The highest BCUT2D eigenvalue weighted by molar-refractivity contribution is 7.92. The number of carbonyl (C=O) groups is 2. The molecule has 28 heavy (non-hydrogen) atoms. The standard InChI is InChI=1S/C19H19N3O5S/c23-17-10-12(5-7-16(17)22-11-19(25)21-28(22,26)27)9-15-14-4-2-1-3-13(14)6-8-18(24)20-15/h1-2,4-7,10,15,23H,3,8-9,11H2,(H,20,24)(H,21,25). The molecule has 1 aromatic carbocycles. The van der Waals surface area contributed by atoms with Gasteiger partial charge in [0.25, 0.3) is 5.91 Å². The smallest absolute Gasteiger partial charge is 0.326 e. The number of benzene rings is 1. The van der Waals surface area contributed by atoms with Crippen molar-refractivity contribution in [3.8, 4) is 5.75 Å². The second-order valence-electron chi connectivity index (χ2n) is 6.87. The van der Waals surface area contributed by atoms with E-state index in [0.29, 0.717) is 12.8 Å². The van der Waals surface area contributed by atoms with Crippen LogP contribution in [0, 0.1) is 0 Å². The lowest BCUT2D eigenvalue weighted by atomic mass is 9.89. The highest BCUT2D eigenvalue weighted by Gasteiger charge is 2.35. The zero-order valence-electron chi connectivity index (χ0n) is 14.9. The van der Waals surface area contributed by atoms with Gasteiger partial charge in [0, 0.05) is 6.42 Å². The van der Waals surface area contributed by atoms with E-state index in [1.54, 1.807) is 6.07 Å². The van der Waals surface area contributed by atoms with Crippen LogP contribution in [0.4, 0.5) is 5.69 Å². The molecule has 2 amide bonds. The van der Waals surface area contributed by atoms with E-state index >= 15 is 0 Å². The van der Waals surface area contributed by atoms with Gasteiger partial charge in [-0.1, -0.05) is 30.4 Å². The monoisotopic (exact) mass is 401 g/mol. The quantitative estimate of drug-likeness (QED) is 0.693. The predicted octanol–water partition coefficient (Wildman–Crippen LogP) is 0.817. The van der Waals surface area contributed by atoms with Crippen LogP contribution in [0.1, 0.15) is 18.4 Å². The first-order valence-corrected chi connectivity index (χ1v) is 10.3. The Morgan fingerprint density at radius 2 is 2.00 bits per heavy atom. The molecule has 0 bridgehead atoms. The van der Waals surface area contributed by atoms with Gasteiger partial charge in [0.05, 0.1) is 11.7 Å². The average Bonchev–Trinajstić information content (AvgIpc) is 2.81. The van der Waals surface area contributed by atoms with Crippen molar-refractivity contribution in [1.29, 1.82) is 0 Å². The number of nitrogens with one attached hydrogen (secondary N) is 2. The topological polar surface area (TPSA) is 116 Å². The SMILES string of the molecule is O=C1CC=C2CC=CC=C2C(Cc2ccc(N3CC(=O)NS3(=O)=O)c(O)c2)N1. The molecule has 8 nitrogen and oxygen atoms in total. The number of carbonyl (C=O) groups excluding carboxylic acids is 2. The van der Waals surface area contributed by atoms with Crippen LogP contribution in [0.5, 0.6) is 5.75 Å². The van der Waals surface area contributed by atoms with Crippen LogP contribution in [0.3, 0.4) is 0 Å². The van der Waals surface area contributed by atoms with Gasteiger partial charge in [-0.25, -0.2) is 9.03 Å². The molecule has 1 atom stereocenters. The summed E-state index contributed by atoms with van der Waals surface area (Å²) in [5.41, 5.74) is 2.92. The number of phenols is 1. The van der Waals surface area contributed by atoms with Crippen molar-refractivity contribution in [3.63, 3.8) is 0 Å². The van der Waals surface area contributed by atoms with Gasteiger partial charge in [0.15, 0.2) is 0 Å². The van der Waals surface area contributed by atoms with Crippen LogP contribution < -0.4 is 14.3 Å². The number of nitrogens with zero attached hydrogens (tertiary/aromatic N) is 1. The van der Waals surface area contributed by atoms with Crippen LogP contribution in [0.25, 0.3) is 0 Å². The number of allylic oxidation sites excluding steroid dienone is 3. The third-order valence-electron chi connectivity index (χ3n) is 4.93. The second-order valence-corrected chi connectivity index (χ2v) is 8.47. The molecule has 1 aliphatic carbocycles. The van der Waals surface area contributed by atoms with E-state index in [0.717, 1.165) is 27.4 Å². The van der Waals surface area contributed by atoms with E-state index in [2.05, 4.69) is 5.32 Å². The molecule has 0 aromatic heterocycles. The summed E-state index contributed by atoms with van der Waals surface area (Å²) in [4.78, 5) is 23.5. The Morgan fingerprint density at radius 1 is 1.18 bits per heavy atom. The third kappa shape index (κ3) is 3.40. The maximum atomic E-state index is 12.1. The first-order valence-electron chi connectivity index (χ1n) is 8.84. The lowest BCUT2D eigenvalue weighted by Gasteiger charge is -2.23. The Kier molecular flexibility index (Phi) is 4.46. The fourth-order valence-electron chi connectivity index (χ4n) is 3.64. The summed E-state index contributed by atoms with van der Waals surface area (Å²) in [5.74, 6) is -0.964. The minimum absolute atomic E-state index is 0.0346. The number of hydrogen-bond donors (Lipinski definition) is 3. The first kappa shape index (κ1) is 18.3. The maximum Gasteiger partial charge on any atom is 0.326 e. The molecule has 2 heterocycles. The highest BCUT2D eigenvalue weighted by atomic mass is 32.2. The van der Waals surface area contributed by atoms with Crippen LogP contribution in [0.15, 0.2) is 53.6 Å². The molecule has 0 saturated carbocycles. The molecule has 4 rings (SSSR count). The Balaban J connectivity index is 1.60. The van der Waals surface area contributed by atoms with Gasteiger partial charge >= 0.3 is 10.2 Å². The summed E-state index contributed by atoms with van der Waals surface area (Å²) in [7, 11) is -3.99. The van der Waals surface area contributed by atoms with E-state index in [1.807, 2.05) is 29.0 Å². The van der Waals surface area contributed by atoms with E-state index in [-0.39, 0.29) is 29.9 Å². The molecule has 0 spiro atoms. The van der Waals surface area contributed by atoms with Gasteiger partial charge in [0.1, 0.15) is 12.3 Å². The van der Waals surface area contributed by atoms with Gasteiger partial charge in [0.2, 0.25) is 5.91 Å². The Hall–Kier alpha value is -3.07. The zero-order chi connectivity index (χ0) is 19.9. The van der Waals surface area contributed by atoms with Gasteiger partial charge in [-0.2, -0.15) is 8.42 Å². The number of phenolic OH excluding ortho intramolecular Hbond substituents is 1. The summed E-state index contributed by atoms with van der Waals surface area (Å²) < 4.78 is 26.7. The van der Waals surface area contributed by atoms with Crippen molar-refractivity contribution in [2.75, 3.05) is 10.8 Å². The van der Waals surface area contributed by atoms with Crippen molar-refractivity contribution in [3.05, 3.63) is 59.2 Å². The Morgan fingerprint density at radius 3 is 2.71 bits per heavy atom. The number of anilines is 1. The average molecular weight is 401 g/mol. The Labute approximate surface area is 162 Å². The molecule has 2 aliphatic heterocycles. The summed E-state index contributed by atoms with van der Waals surface area (Å²) >= 11 is 0. The fraction of sp³-hybridized carbons (Fsp3) is 0.263. The Bertz CT molecular complexity index is 1060. The lowest BCUT2D eigenvalue weighted by molar-refractivity contribution is -0.120. The van der Waals surface area contributed by atoms with E-state index in [4.69, 9.17) is 0 Å². The van der Waals surface area contributed by atoms with E-state index in [1.165, 1.54) is 12.1 Å². The van der Waals surface area contributed by atoms with Crippen LogP contribution in [0.2, 0.25) is 0 Å². The molecule has 3 N–H and O–H groups in total. The molecule has 1 saturated heterocycles. The number of rotatable bonds is 3. The molecule has 0 radical (unpaired) electrons. The first-order chi connectivity index (χ1) is 13.3. The molecule has 1 aromatic rings. The molecule has 146 valence electrons. The highest BCUT2D eigenvalue weighted by Crippen LogP contribution is 2.33. The second kappa shape index (κ2) is 6.83. The number of amides is 2. The summed E-state index contributed by atoms with van der Waals surface area (Å²) in [6.45, 7) is -0.374. The maximum absolute atomic E-state index is 12.1. The van der Waals surface area contributed by atoms with Crippen LogP contribution in [-0.4, -0.2) is 37.9 Å². The number of aromatic hydroxyl groups is 1. The molecule has 9 heteroatoms.